The van der Waals surface area contributed by atoms with Gasteiger partial charge in [-0.2, -0.15) is 0 Å². The molecule has 1 saturated heterocycles. The van der Waals surface area contributed by atoms with Crippen LogP contribution < -0.4 is 5.32 Å². The summed E-state index contributed by atoms with van der Waals surface area (Å²) in [6, 6.07) is 6.07. The minimum atomic E-state index is 0.173. The van der Waals surface area contributed by atoms with Crippen LogP contribution in [0.4, 0.5) is 5.69 Å². The quantitative estimate of drug-likeness (QED) is 0.920. The summed E-state index contributed by atoms with van der Waals surface area (Å²) in [7, 11) is 0. The monoisotopic (exact) mass is 280 g/mol. The molecule has 0 aliphatic carbocycles. The van der Waals surface area contributed by atoms with E-state index in [1.54, 1.807) is 0 Å². The van der Waals surface area contributed by atoms with Crippen LogP contribution in [0.3, 0.4) is 0 Å². The number of halogens is 1. The van der Waals surface area contributed by atoms with Crippen LogP contribution in [0.25, 0.3) is 0 Å². The standard InChI is InChI=1S/C15H21ClN2O/c1-11-6-3-4-9-18(11)15(19)10-17-14-8-5-7-13(16)12(14)2/h5,7-8,11,17H,3-4,6,9-10H2,1-2H3. The highest BCUT2D eigenvalue weighted by Crippen LogP contribution is 2.23. The molecule has 19 heavy (non-hydrogen) atoms. The lowest BCUT2D eigenvalue weighted by molar-refractivity contribution is -0.132. The van der Waals surface area contributed by atoms with E-state index < -0.39 is 0 Å². The summed E-state index contributed by atoms with van der Waals surface area (Å²) in [5.74, 6) is 0.173. The minimum Gasteiger partial charge on any atom is -0.376 e. The lowest BCUT2D eigenvalue weighted by Gasteiger charge is -2.33. The van der Waals surface area contributed by atoms with Crippen molar-refractivity contribution in [1.29, 1.82) is 0 Å². The van der Waals surface area contributed by atoms with Gasteiger partial charge >= 0.3 is 0 Å². The van der Waals surface area contributed by atoms with Crippen LogP contribution in [0, 0.1) is 6.92 Å². The number of nitrogens with one attached hydrogen (secondary N) is 1. The molecule has 0 bridgehead atoms. The van der Waals surface area contributed by atoms with Gasteiger partial charge in [0, 0.05) is 23.3 Å². The Kier molecular flexibility index (Phi) is 4.70. The first-order valence-corrected chi connectivity index (χ1v) is 7.26. The van der Waals surface area contributed by atoms with Crippen molar-refractivity contribution in [3.8, 4) is 0 Å². The number of benzene rings is 1. The average Bonchev–Trinajstić information content (AvgIpc) is 2.40. The van der Waals surface area contributed by atoms with Crippen LogP contribution in [0.5, 0.6) is 0 Å². The second-order valence-corrected chi connectivity index (χ2v) is 5.61. The molecule has 0 saturated carbocycles. The fourth-order valence-electron chi connectivity index (χ4n) is 2.54. The molecule has 1 amide bonds. The Morgan fingerprint density at radius 3 is 3.00 bits per heavy atom. The maximum atomic E-state index is 12.2. The number of anilines is 1. The lowest BCUT2D eigenvalue weighted by Crippen LogP contribution is -2.44. The van der Waals surface area contributed by atoms with Crippen LogP contribution in [-0.2, 0) is 4.79 Å². The predicted octanol–water partition coefficient (Wildman–Crippen LogP) is 3.46. The molecular weight excluding hydrogens is 260 g/mol. The van der Waals surface area contributed by atoms with Crippen LogP contribution in [0.15, 0.2) is 18.2 Å². The molecular formula is C15H21ClN2O. The van der Waals surface area contributed by atoms with Crippen molar-refractivity contribution >= 4 is 23.2 Å². The molecule has 1 heterocycles. The Morgan fingerprint density at radius 1 is 1.47 bits per heavy atom. The van der Waals surface area contributed by atoms with Crippen LogP contribution in [0.1, 0.15) is 31.7 Å². The summed E-state index contributed by atoms with van der Waals surface area (Å²) < 4.78 is 0. The normalized spacial score (nSPS) is 19.3. The van der Waals surface area contributed by atoms with Gasteiger partial charge in [-0.3, -0.25) is 4.79 Å². The molecule has 4 heteroatoms. The third-order valence-corrected chi connectivity index (χ3v) is 4.23. The fourth-order valence-corrected chi connectivity index (χ4v) is 2.71. The Balaban J connectivity index is 1.94. The van der Waals surface area contributed by atoms with E-state index >= 15 is 0 Å². The highest BCUT2D eigenvalue weighted by Gasteiger charge is 2.22. The van der Waals surface area contributed by atoms with E-state index in [1.807, 2.05) is 30.0 Å². The van der Waals surface area contributed by atoms with Gasteiger partial charge in [0.05, 0.1) is 6.54 Å². The summed E-state index contributed by atoms with van der Waals surface area (Å²) >= 11 is 6.07. The third kappa shape index (κ3) is 3.41. The minimum absolute atomic E-state index is 0.173. The van der Waals surface area contributed by atoms with Crippen molar-refractivity contribution in [2.75, 3.05) is 18.4 Å². The second-order valence-electron chi connectivity index (χ2n) is 5.20. The number of hydrogen-bond acceptors (Lipinski definition) is 2. The van der Waals surface area contributed by atoms with Gasteiger partial charge in [0.15, 0.2) is 0 Å². The van der Waals surface area contributed by atoms with Crippen molar-refractivity contribution in [2.45, 2.75) is 39.2 Å². The van der Waals surface area contributed by atoms with Crippen LogP contribution >= 0.6 is 11.6 Å². The molecule has 1 fully saturated rings. The molecule has 1 aromatic carbocycles. The van der Waals surface area contributed by atoms with E-state index in [0.717, 1.165) is 35.7 Å². The van der Waals surface area contributed by atoms with Gasteiger partial charge in [-0.25, -0.2) is 0 Å². The van der Waals surface area contributed by atoms with E-state index in [9.17, 15) is 4.79 Å². The molecule has 104 valence electrons. The molecule has 0 radical (unpaired) electrons. The van der Waals surface area contributed by atoms with Crippen molar-refractivity contribution in [2.24, 2.45) is 0 Å². The zero-order valence-electron chi connectivity index (χ0n) is 11.6. The van der Waals surface area contributed by atoms with Crippen LogP contribution in [0.2, 0.25) is 5.02 Å². The Labute approximate surface area is 119 Å². The highest BCUT2D eigenvalue weighted by atomic mass is 35.5. The molecule has 2 rings (SSSR count). The Bertz CT molecular complexity index is 461. The van der Waals surface area contributed by atoms with E-state index in [2.05, 4.69) is 12.2 Å². The first-order valence-electron chi connectivity index (χ1n) is 6.88. The van der Waals surface area contributed by atoms with Gasteiger partial charge in [0.25, 0.3) is 0 Å². The maximum Gasteiger partial charge on any atom is 0.242 e. The summed E-state index contributed by atoms with van der Waals surface area (Å²) in [5.41, 5.74) is 1.93. The molecule has 3 nitrogen and oxygen atoms in total. The molecule has 1 unspecified atom stereocenters. The van der Waals surface area contributed by atoms with E-state index in [1.165, 1.54) is 6.42 Å². The first kappa shape index (κ1) is 14.2. The van der Waals surface area contributed by atoms with Crippen molar-refractivity contribution < 1.29 is 4.79 Å². The second kappa shape index (κ2) is 6.29. The van der Waals surface area contributed by atoms with Gasteiger partial charge in [0.2, 0.25) is 5.91 Å². The zero-order valence-corrected chi connectivity index (χ0v) is 12.3. The summed E-state index contributed by atoms with van der Waals surface area (Å²) in [6.07, 6.45) is 3.46. The number of carbonyl (C=O) groups is 1. The van der Waals surface area contributed by atoms with Crippen molar-refractivity contribution in [3.05, 3.63) is 28.8 Å². The van der Waals surface area contributed by atoms with E-state index in [4.69, 9.17) is 11.6 Å². The largest absolute Gasteiger partial charge is 0.376 e. The molecule has 1 N–H and O–H groups in total. The summed E-state index contributed by atoms with van der Waals surface area (Å²) in [4.78, 5) is 14.2. The predicted molar refractivity (Wildman–Crippen MR) is 79.7 cm³/mol. The van der Waals surface area contributed by atoms with Gasteiger partial charge < -0.3 is 10.2 Å². The smallest absolute Gasteiger partial charge is 0.242 e. The maximum absolute atomic E-state index is 12.2. The number of rotatable bonds is 3. The third-order valence-electron chi connectivity index (χ3n) is 3.82. The Hall–Kier alpha value is -1.22. The van der Waals surface area contributed by atoms with Gasteiger partial charge in [-0.1, -0.05) is 17.7 Å². The summed E-state index contributed by atoms with van der Waals surface area (Å²) in [6.45, 7) is 5.31. The average molecular weight is 281 g/mol. The number of carbonyl (C=O) groups excluding carboxylic acids is 1. The number of nitrogens with zero attached hydrogens (tertiary/aromatic N) is 1. The number of amides is 1. The van der Waals surface area contributed by atoms with Gasteiger partial charge in [-0.15, -0.1) is 0 Å². The molecule has 0 aromatic heterocycles. The number of piperidine rings is 1. The number of hydrogen-bond donors (Lipinski definition) is 1. The van der Waals surface area contributed by atoms with Crippen molar-refractivity contribution in [1.82, 2.24) is 4.90 Å². The molecule has 1 aliphatic heterocycles. The zero-order chi connectivity index (χ0) is 13.8. The van der Waals surface area contributed by atoms with Gasteiger partial charge in [-0.05, 0) is 50.8 Å². The molecule has 1 atom stereocenters. The molecule has 1 aromatic rings. The van der Waals surface area contributed by atoms with Gasteiger partial charge in [0.1, 0.15) is 0 Å². The van der Waals surface area contributed by atoms with Crippen molar-refractivity contribution in [3.63, 3.8) is 0 Å². The Morgan fingerprint density at radius 2 is 2.26 bits per heavy atom. The summed E-state index contributed by atoms with van der Waals surface area (Å²) in [5, 5.41) is 3.92. The van der Waals surface area contributed by atoms with Crippen LogP contribution in [-0.4, -0.2) is 29.9 Å². The SMILES string of the molecule is Cc1c(Cl)cccc1NCC(=O)N1CCCCC1C. The fraction of sp³-hybridized carbons (Fsp3) is 0.533. The lowest BCUT2D eigenvalue weighted by atomic mass is 10.0. The number of likely N-dealkylation sites (tertiary alicyclic amines) is 1. The topological polar surface area (TPSA) is 32.3 Å². The molecule has 1 aliphatic rings. The van der Waals surface area contributed by atoms with E-state index in [-0.39, 0.29) is 5.91 Å². The highest BCUT2D eigenvalue weighted by molar-refractivity contribution is 6.31. The molecule has 0 spiro atoms. The first-order chi connectivity index (χ1) is 9.09. The van der Waals surface area contributed by atoms with E-state index in [0.29, 0.717) is 12.6 Å².